The van der Waals surface area contributed by atoms with E-state index in [1.165, 1.54) is 13.8 Å². The minimum absolute atomic E-state index is 0.793. The van der Waals surface area contributed by atoms with Gasteiger partial charge in [-0.15, -0.1) is 0 Å². The van der Waals surface area contributed by atoms with Crippen LogP contribution in [-0.4, -0.2) is 304 Å². The molecule has 30 atom stereocenters. The van der Waals surface area contributed by atoms with Crippen LogP contribution in [0.3, 0.4) is 0 Å². The van der Waals surface area contributed by atoms with E-state index >= 15 is 0 Å². The molecule has 0 unspecified atom stereocenters. The first kappa shape index (κ1) is 58.1. The number of nitrogens with one attached hydrogen (secondary N) is 2. The summed E-state index contributed by atoms with van der Waals surface area (Å²) < 4.78 is 63.5. The zero-order chi connectivity index (χ0) is 52.5. The van der Waals surface area contributed by atoms with E-state index in [1.807, 2.05) is 0 Å². The molecule has 6 saturated heterocycles. The molecule has 18 N–H and O–H groups in total. The van der Waals surface area contributed by atoms with Crippen LogP contribution < -0.4 is 10.6 Å². The Morgan fingerprint density at radius 3 is 1.18 bits per heavy atom. The molecule has 0 aromatic rings. The second-order valence-electron chi connectivity index (χ2n) is 18.2. The largest absolute Gasteiger partial charge is 0.394 e. The van der Waals surface area contributed by atoms with Crippen LogP contribution in [0.2, 0.25) is 0 Å². The van der Waals surface area contributed by atoms with E-state index in [2.05, 4.69) is 10.6 Å². The van der Waals surface area contributed by atoms with Crippen molar-refractivity contribution in [3.05, 3.63) is 0 Å². The number of hydrogen-bond donors (Lipinski definition) is 18. The summed E-state index contributed by atoms with van der Waals surface area (Å²) >= 11 is 0. The molecule has 31 heteroatoms. The Morgan fingerprint density at radius 1 is 0.394 bits per heavy atom. The van der Waals surface area contributed by atoms with Gasteiger partial charge in [0.25, 0.3) is 0 Å². The van der Waals surface area contributed by atoms with E-state index in [0.717, 1.165) is 13.8 Å². The molecular formula is C40H68N2O29. The fraction of sp³-hybridized carbons (Fsp3) is 0.950. The third-order valence-corrected chi connectivity index (χ3v) is 13.1. The average molecular weight is 1040 g/mol. The van der Waals surface area contributed by atoms with E-state index < -0.39 is 222 Å². The summed E-state index contributed by atoms with van der Waals surface area (Å²) in [5, 5.41) is 176. The highest BCUT2D eigenvalue weighted by Gasteiger charge is 2.57. The summed E-state index contributed by atoms with van der Waals surface area (Å²) in [5.41, 5.74) is 0. The molecule has 6 rings (SSSR count). The Hall–Kier alpha value is -2.14. The molecule has 6 aliphatic heterocycles. The average Bonchev–Trinajstić information content (AvgIpc) is 3.32. The van der Waals surface area contributed by atoms with Crippen molar-refractivity contribution in [2.45, 2.75) is 212 Å². The summed E-state index contributed by atoms with van der Waals surface area (Å²) in [6, 6.07) is -3.35. The molecule has 0 saturated carbocycles. The SMILES string of the molecule is CC(=O)N[C@@H]1[C@@H](O[C@@H]2O[C@H](CO)[C@H](O)[C@H](O)[C@H]2O[C@@H]2O[C@@H](C)[C@@H](O)[C@@H](O)[C@@H]2O)[C@@H](O)[C@@H](CO[C@@H]2O[C@H](CO)[C@@H](O)[C@H](O[C@@H]3O[C@H](CO)[C@H](O)[C@H](O)[C@H]3O[C@@H]3O[C@@H](C)[C@@H](O)[C@@H](O)[C@@H]3O)[C@H]2NC(C)=O)O[C@@H]1O. The lowest BCUT2D eigenvalue weighted by Crippen LogP contribution is -2.70. The first-order valence-electron chi connectivity index (χ1n) is 22.8. The quantitative estimate of drug-likeness (QED) is 0.0682. The van der Waals surface area contributed by atoms with Crippen molar-refractivity contribution in [2.24, 2.45) is 0 Å². The second-order valence-corrected chi connectivity index (χ2v) is 18.2. The number of hydrogen-bond acceptors (Lipinski definition) is 29. The maximum absolute atomic E-state index is 12.7. The lowest BCUT2D eigenvalue weighted by molar-refractivity contribution is -0.384. The fourth-order valence-corrected chi connectivity index (χ4v) is 9.06. The van der Waals surface area contributed by atoms with Crippen molar-refractivity contribution in [3.8, 4) is 0 Å². The van der Waals surface area contributed by atoms with Gasteiger partial charge in [-0.05, 0) is 13.8 Å². The fourth-order valence-electron chi connectivity index (χ4n) is 9.06. The predicted molar refractivity (Wildman–Crippen MR) is 220 cm³/mol. The minimum atomic E-state index is -2.07. The second kappa shape index (κ2) is 24.7. The summed E-state index contributed by atoms with van der Waals surface area (Å²) in [7, 11) is 0. The highest BCUT2D eigenvalue weighted by atomic mass is 16.8. The van der Waals surface area contributed by atoms with Crippen LogP contribution in [-0.2, 0) is 61.7 Å². The van der Waals surface area contributed by atoms with Gasteiger partial charge in [0.2, 0.25) is 11.8 Å². The summed E-state index contributed by atoms with van der Waals surface area (Å²) in [6.45, 7) is 1.06. The van der Waals surface area contributed by atoms with Gasteiger partial charge in [-0.3, -0.25) is 9.59 Å². The smallest absolute Gasteiger partial charge is 0.217 e. The molecule has 2 amide bonds. The van der Waals surface area contributed by atoms with Crippen molar-refractivity contribution in [1.29, 1.82) is 0 Å². The van der Waals surface area contributed by atoms with Crippen LogP contribution in [0, 0.1) is 0 Å². The first-order chi connectivity index (χ1) is 33.4. The van der Waals surface area contributed by atoms with Crippen LogP contribution >= 0.6 is 0 Å². The Bertz CT molecular complexity index is 1710. The van der Waals surface area contributed by atoms with Gasteiger partial charge in [0, 0.05) is 13.8 Å². The maximum atomic E-state index is 12.7. The van der Waals surface area contributed by atoms with Gasteiger partial charge < -0.3 is 144 Å². The molecule has 0 bridgehead atoms. The third-order valence-electron chi connectivity index (χ3n) is 13.1. The number of aliphatic hydroxyl groups is 16. The van der Waals surface area contributed by atoms with Crippen molar-refractivity contribution < 1.29 is 143 Å². The van der Waals surface area contributed by atoms with Crippen LogP contribution in [0.4, 0.5) is 0 Å². The standard InChI is InChI=1S/C40H68N2O29/c1-9-19(48)25(54)29(58)37(62-9)70-33-27(56)21(50)13(5-43)66-39(33)68-31-17(41-11(3)46)35(60)64-16(24(31)53)8-61-36-18(42-12(4)47)32(23(52)15(7-45)65-36)69-40-34(28(57)22(51)14(6-44)67-40)71-38-30(59)26(55)20(49)10(2)63-38/h9-10,13-40,43-45,48-60H,5-8H2,1-4H3,(H,41,46)(H,42,47)/t9-,10-,13+,14+,15+,16+,17+,18+,19+,20+,21-,22-,23+,24-,25+,26+,27-,28-,29-,30-,31+,32+,33+,34+,35-,36+,37-,38-,39-,40-/m0/s1. The van der Waals surface area contributed by atoms with E-state index in [0.29, 0.717) is 0 Å². The van der Waals surface area contributed by atoms with Gasteiger partial charge >= 0.3 is 0 Å². The van der Waals surface area contributed by atoms with E-state index in [4.69, 9.17) is 52.1 Å². The normalized spacial score (nSPS) is 50.8. The van der Waals surface area contributed by atoms with Crippen LogP contribution in [0.5, 0.6) is 0 Å². The van der Waals surface area contributed by atoms with Crippen LogP contribution in [0.15, 0.2) is 0 Å². The molecule has 31 nitrogen and oxygen atoms in total. The zero-order valence-corrected chi connectivity index (χ0v) is 38.6. The molecule has 0 radical (unpaired) electrons. The van der Waals surface area contributed by atoms with Crippen LogP contribution in [0.25, 0.3) is 0 Å². The predicted octanol–water partition coefficient (Wildman–Crippen LogP) is -11.8. The Morgan fingerprint density at radius 2 is 0.761 bits per heavy atom. The van der Waals surface area contributed by atoms with Gasteiger partial charge in [0.15, 0.2) is 37.7 Å². The third kappa shape index (κ3) is 12.6. The molecule has 412 valence electrons. The number of aliphatic hydroxyl groups excluding tert-OH is 16. The Balaban J connectivity index is 1.25. The summed E-state index contributed by atoms with van der Waals surface area (Å²) in [5.74, 6) is -1.60. The molecule has 6 aliphatic rings. The highest BCUT2D eigenvalue weighted by molar-refractivity contribution is 5.73. The molecule has 0 aromatic carbocycles. The molecule has 0 aromatic heterocycles. The number of amides is 2. The summed E-state index contributed by atoms with van der Waals surface area (Å²) in [6.07, 6.45) is -50.3. The summed E-state index contributed by atoms with van der Waals surface area (Å²) in [4.78, 5) is 25.1. The van der Waals surface area contributed by atoms with Crippen molar-refractivity contribution in [3.63, 3.8) is 0 Å². The van der Waals surface area contributed by atoms with Gasteiger partial charge in [-0.2, -0.15) is 0 Å². The topological polar surface area (TPSA) is 483 Å². The van der Waals surface area contributed by atoms with Gasteiger partial charge in [-0.25, -0.2) is 0 Å². The number of ether oxygens (including phenoxy) is 11. The van der Waals surface area contributed by atoms with Gasteiger partial charge in [-0.1, -0.05) is 0 Å². The molecule has 0 aliphatic carbocycles. The number of carbonyl (C=O) groups excluding carboxylic acids is 2. The Labute approximate surface area is 403 Å². The lowest BCUT2D eigenvalue weighted by Gasteiger charge is -2.50. The molecular weight excluding hydrogens is 972 g/mol. The van der Waals surface area contributed by atoms with Crippen LogP contribution in [0.1, 0.15) is 27.7 Å². The molecule has 0 spiro atoms. The van der Waals surface area contributed by atoms with Gasteiger partial charge in [0.1, 0.15) is 134 Å². The molecule has 6 fully saturated rings. The highest BCUT2D eigenvalue weighted by Crippen LogP contribution is 2.36. The monoisotopic (exact) mass is 1040 g/mol. The van der Waals surface area contributed by atoms with Crippen molar-refractivity contribution in [1.82, 2.24) is 10.6 Å². The lowest BCUT2D eigenvalue weighted by atomic mass is 9.94. The number of rotatable bonds is 16. The van der Waals surface area contributed by atoms with Crippen molar-refractivity contribution >= 4 is 11.8 Å². The van der Waals surface area contributed by atoms with E-state index in [-0.39, 0.29) is 0 Å². The van der Waals surface area contributed by atoms with Crippen molar-refractivity contribution in [2.75, 3.05) is 26.4 Å². The maximum Gasteiger partial charge on any atom is 0.217 e. The zero-order valence-electron chi connectivity index (χ0n) is 38.6. The van der Waals surface area contributed by atoms with E-state index in [1.54, 1.807) is 0 Å². The van der Waals surface area contributed by atoms with E-state index in [9.17, 15) is 91.3 Å². The van der Waals surface area contributed by atoms with Gasteiger partial charge in [0.05, 0.1) is 38.6 Å². The minimum Gasteiger partial charge on any atom is -0.394 e. The first-order valence-corrected chi connectivity index (χ1v) is 22.8. The molecule has 6 heterocycles. The number of carbonyl (C=O) groups is 2. The Kier molecular flexibility index (Phi) is 20.2. The molecule has 71 heavy (non-hydrogen) atoms.